The highest BCUT2D eigenvalue weighted by molar-refractivity contribution is 7.13. The monoisotopic (exact) mass is 406 g/mol. The first-order valence-corrected chi connectivity index (χ1v) is 10.0. The number of aryl methyl sites for hydroxylation is 1. The molecule has 0 saturated heterocycles. The van der Waals surface area contributed by atoms with Crippen LogP contribution < -0.4 is 10.3 Å². The predicted octanol–water partition coefficient (Wildman–Crippen LogP) is 4.70. The fourth-order valence-corrected chi connectivity index (χ4v) is 4.40. The minimum absolute atomic E-state index is 0.0196. The summed E-state index contributed by atoms with van der Waals surface area (Å²) in [6.07, 6.45) is 2.48. The standard InChI is InChI=1S/C22H15FN2O3S/c1-2-12-3-5-13(6-4-12)18-17-19(26)15-11-14(23)7-8-16(15)28-20(17)21(27)25(18)22-24-9-10-29-22/h3-11,18H,2H2,1H3. The van der Waals surface area contributed by atoms with E-state index in [2.05, 4.69) is 11.9 Å². The lowest BCUT2D eigenvalue weighted by Gasteiger charge is -2.22. The van der Waals surface area contributed by atoms with Crippen molar-refractivity contribution < 1.29 is 13.6 Å². The quantitative estimate of drug-likeness (QED) is 0.495. The third-order valence-corrected chi connectivity index (χ3v) is 5.93. The van der Waals surface area contributed by atoms with E-state index in [-0.39, 0.29) is 22.3 Å². The average Bonchev–Trinajstić information content (AvgIpc) is 3.35. The largest absolute Gasteiger partial charge is 0.450 e. The van der Waals surface area contributed by atoms with E-state index in [4.69, 9.17) is 4.42 Å². The summed E-state index contributed by atoms with van der Waals surface area (Å²) in [5.41, 5.74) is 1.91. The molecule has 0 spiro atoms. The van der Waals surface area contributed by atoms with E-state index in [0.29, 0.717) is 5.13 Å². The Morgan fingerprint density at radius 2 is 1.97 bits per heavy atom. The molecular weight excluding hydrogens is 391 g/mol. The van der Waals surface area contributed by atoms with Crippen LogP contribution in [0.25, 0.3) is 11.0 Å². The Morgan fingerprint density at radius 3 is 2.66 bits per heavy atom. The molecule has 0 bridgehead atoms. The first-order chi connectivity index (χ1) is 14.1. The van der Waals surface area contributed by atoms with E-state index < -0.39 is 23.2 Å². The smallest absolute Gasteiger partial charge is 0.297 e. The van der Waals surface area contributed by atoms with Crippen LogP contribution in [0.1, 0.15) is 40.2 Å². The van der Waals surface area contributed by atoms with E-state index in [9.17, 15) is 14.0 Å². The summed E-state index contributed by atoms with van der Waals surface area (Å²) in [4.78, 5) is 32.3. The van der Waals surface area contributed by atoms with Gasteiger partial charge in [0.25, 0.3) is 5.91 Å². The Labute approximate surface area is 169 Å². The van der Waals surface area contributed by atoms with Crippen molar-refractivity contribution in [1.82, 2.24) is 4.98 Å². The molecule has 5 nitrogen and oxygen atoms in total. The van der Waals surface area contributed by atoms with Crippen LogP contribution in [0.4, 0.5) is 9.52 Å². The van der Waals surface area contributed by atoms with Crippen molar-refractivity contribution in [3.8, 4) is 0 Å². The number of amides is 1. The predicted molar refractivity (Wildman–Crippen MR) is 109 cm³/mol. The maximum atomic E-state index is 13.8. The number of halogens is 1. The summed E-state index contributed by atoms with van der Waals surface area (Å²) < 4.78 is 19.6. The van der Waals surface area contributed by atoms with E-state index in [0.717, 1.165) is 23.6 Å². The normalized spacial score (nSPS) is 15.9. The van der Waals surface area contributed by atoms with Gasteiger partial charge in [-0.05, 0) is 35.7 Å². The molecule has 0 aliphatic carbocycles. The van der Waals surface area contributed by atoms with E-state index >= 15 is 0 Å². The van der Waals surface area contributed by atoms with Crippen molar-refractivity contribution in [1.29, 1.82) is 0 Å². The van der Waals surface area contributed by atoms with Gasteiger partial charge in [-0.1, -0.05) is 31.2 Å². The number of rotatable bonds is 3. The second kappa shape index (κ2) is 6.63. The molecule has 1 aliphatic rings. The summed E-state index contributed by atoms with van der Waals surface area (Å²) in [6, 6.07) is 10.8. The summed E-state index contributed by atoms with van der Waals surface area (Å²) in [6.45, 7) is 2.06. The summed E-state index contributed by atoms with van der Waals surface area (Å²) >= 11 is 1.30. The van der Waals surface area contributed by atoms with Crippen LogP contribution in [0.3, 0.4) is 0 Å². The van der Waals surface area contributed by atoms with Gasteiger partial charge in [-0.25, -0.2) is 9.37 Å². The van der Waals surface area contributed by atoms with E-state index in [1.54, 1.807) is 11.6 Å². The van der Waals surface area contributed by atoms with Gasteiger partial charge in [0.05, 0.1) is 17.0 Å². The van der Waals surface area contributed by atoms with Gasteiger partial charge >= 0.3 is 0 Å². The molecule has 7 heteroatoms. The first-order valence-electron chi connectivity index (χ1n) is 9.16. The van der Waals surface area contributed by atoms with Crippen molar-refractivity contribution in [2.45, 2.75) is 19.4 Å². The fraction of sp³-hybridized carbons (Fsp3) is 0.136. The minimum atomic E-state index is -0.682. The summed E-state index contributed by atoms with van der Waals surface area (Å²) in [7, 11) is 0. The maximum absolute atomic E-state index is 13.8. The molecule has 1 atom stereocenters. The molecule has 1 unspecified atom stereocenters. The summed E-state index contributed by atoms with van der Waals surface area (Å²) in [5, 5.41) is 2.36. The number of thiazole rings is 1. The van der Waals surface area contributed by atoms with Crippen molar-refractivity contribution in [3.63, 3.8) is 0 Å². The van der Waals surface area contributed by atoms with Crippen molar-refractivity contribution in [3.05, 3.63) is 92.5 Å². The third kappa shape index (κ3) is 2.69. The van der Waals surface area contributed by atoms with Gasteiger partial charge in [-0.15, -0.1) is 11.3 Å². The number of carbonyl (C=O) groups is 1. The number of nitrogens with zero attached hydrogens (tertiary/aromatic N) is 2. The number of aromatic nitrogens is 1. The molecule has 0 N–H and O–H groups in total. The molecule has 0 saturated carbocycles. The zero-order valence-corrected chi connectivity index (χ0v) is 16.2. The van der Waals surface area contributed by atoms with Crippen LogP contribution in [0.2, 0.25) is 0 Å². The van der Waals surface area contributed by atoms with Crippen LogP contribution in [-0.2, 0) is 6.42 Å². The molecule has 0 fully saturated rings. The molecule has 29 heavy (non-hydrogen) atoms. The number of anilines is 1. The molecule has 3 heterocycles. The number of hydrogen-bond donors (Lipinski definition) is 0. The van der Waals surface area contributed by atoms with Crippen molar-refractivity contribution >= 4 is 33.3 Å². The van der Waals surface area contributed by atoms with Crippen LogP contribution in [-0.4, -0.2) is 10.9 Å². The van der Waals surface area contributed by atoms with E-state index in [1.807, 2.05) is 24.3 Å². The highest BCUT2D eigenvalue weighted by Gasteiger charge is 2.44. The number of carbonyl (C=O) groups excluding carboxylic acids is 1. The zero-order chi connectivity index (χ0) is 20.1. The van der Waals surface area contributed by atoms with Crippen molar-refractivity contribution in [2.75, 3.05) is 4.90 Å². The lowest BCUT2D eigenvalue weighted by Crippen LogP contribution is -2.29. The van der Waals surface area contributed by atoms with Crippen LogP contribution >= 0.6 is 11.3 Å². The highest BCUT2D eigenvalue weighted by atomic mass is 32.1. The van der Waals surface area contributed by atoms with Crippen LogP contribution in [0, 0.1) is 5.82 Å². The molecule has 144 valence electrons. The third-order valence-electron chi connectivity index (χ3n) is 5.16. The van der Waals surface area contributed by atoms with Gasteiger partial charge in [0, 0.05) is 11.6 Å². The Morgan fingerprint density at radius 1 is 1.17 bits per heavy atom. The second-order valence-electron chi connectivity index (χ2n) is 6.80. The molecule has 5 rings (SSSR count). The van der Waals surface area contributed by atoms with Gasteiger partial charge in [-0.3, -0.25) is 14.5 Å². The lowest BCUT2D eigenvalue weighted by molar-refractivity contribution is 0.0971. The van der Waals surface area contributed by atoms with Crippen molar-refractivity contribution in [2.24, 2.45) is 0 Å². The van der Waals surface area contributed by atoms with Crippen LogP contribution in [0.15, 0.2) is 63.3 Å². The van der Waals surface area contributed by atoms with Gasteiger partial charge in [-0.2, -0.15) is 0 Å². The average molecular weight is 406 g/mol. The second-order valence-corrected chi connectivity index (χ2v) is 7.67. The van der Waals surface area contributed by atoms with Gasteiger partial charge in [0.2, 0.25) is 5.76 Å². The first kappa shape index (κ1) is 17.8. The zero-order valence-electron chi connectivity index (χ0n) is 15.4. The lowest BCUT2D eigenvalue weighted by atomic mass is 9.97. The number of benzene rings is 2. The molecule has 4 aromatic rings. The molecule has 1 aliphatic heterocycles. The minimum Gasteiger partial charge on any atom is -0.450 e. The Hall–Kier alpha value is -3.32. The molecular formula is C22H15FN2O3S. The highest BCUT2D eigenvalue weighted by Crippen LogP contribution is 2.41. The fourth-order valence-electron chi connectivity index (χ4n) is 3.73. The Balaban J connectivity index is 1.80. The van der Waals surface area contributed by atoms with Gasteiger partial charge in [0.15, 0.2) is 10.6 Å². The molecule has 0 radical (unpaired) electrons. The molecule has 2 aromatic heterocycles. The Kier molecular flexibility index (Phi) is 4.06. The topological polar surface area (TPSA) is 63.4 Å². The number of fused-ring (bicyclic) bond motifs is 2. The maximum Gasteiger partial charge on any atom is 0.297 e. The van der Waals surface area contributed by atoms with Gasteiger partial charge < -0.3 is 4.42 Å². The van der Waals surface area contributed by atoms with Gasteiger partial charge in [0.1, 0.15) is 11.4 Å². The molecule has 2 aromatic carbocycles. The molecule has 1 amide bonds. The Bertz CT molecular complexity index is 1300. The SMILES string of the molecule is CCc1ccc(C2c3c(oc4ccc(F)cc4c3=O)C(=O)N2c2nccs2)cc1. The summed E-state index contributed by atoms with van der Waals surface area (Å²) in [5.74, 6) is -0.980. The number of hydrogen-bond acceptors (Lipinski definition) is 5. The van der Waals surface area contributed by atoms with E-state index in [1.165, 1.54) is 28.4 Å². The van der Waals surface area contributed by atoms with Crippen LogP contribution in [0.5, 0.6) is 0 Å².